The summed E-state index contributed by atoms with van der Waals surface area (Å²) < 4.78 is 0. The van der Waals surface area contributed by atoms with Crippen molar-refractivity contribution in [3.8, 4) is 29.0 Å². The van der Waals surface area contributed by atoms with Crippen molar-refractivity contribution in [3.05, 3.63) is 53.1 Å². The van der Waals surface area contributed by atoms with E-state index in [2.05, 4.69) is 5.32 Å². The van der Waals surface area contributed by atoms with E-state index < -0.39 is 11.9 Å². The molecule has 112 valence electrons. The highest BCUT2D eigenvalue weighted by Gasteiger charge is 2.23. The van der Waals surface area contributed by atoms with Crippen molar-refractivity contribution in [2.24, 2.45) is 5.73 Å². The van der Waals surface area contributed by atoms with Crippen LogP contribution in [-0.2, 0) is 0 Å². The zero-order valence-corrected chi connectivity index (χ0v) is 11.8. The molecule has 0 saturated heterocycles. The number of nitrogens with one attached hydrogen (secondary N) is 2. The Morgan fingerprint density at radius 3 is 2.39 bits per heavy atom. The molecule has 0 radical (unpaired) electrons. The average Bonchev–Trinajstić information content (AvgIpc) is 2.53. The molecule has 0 bridgehead atoms. The van der Waals surface area contributed by atoms with Crippen LogP contribution in [-0.4, -0.2) is 17.0 Å². The van der Waals surface area contributed by atoms with E-state index in [9.17, 15) is 20.4 Å². The van der Waals surface area contributed by atoms with Gasteiger partial charge >= 0.3 is 0 Å². The van der Waals surface area contributed by atoms with Gasteiger partial charge in [0.2, 0.25) is 0 Å². The van der Waals surface area contributed by atoms with Crippen LogP contribution in [0.25, 0.3) is 11.1 Å². The molecular formula is C16H11N5O2. The minimum Gasteiger partial charge on any atom is -0.507 e. The summed E-state index contributed by atoms with van der Waals surface area (Å²) in [4.78, 5) is 12.3. The van der Waals surface area contributed by atoms with E-state index in [0.717, 1.165) is 0 Å². The van der Waals surface area contributed by atoms with E-state index in [1.807, 2.05) is 12.1 Å². The molecule has 1 amide bonds. The number of carbonyl (C=O) groups is 1. The Kier molecular flexibility index (Phi) is 4.25. The highest BCUT2D eigenvalue weighted by Crippen LogP contribution is 2.35. The second-order valence-electron chi connectivity index (χ2n) is 4.52. The van der Waals surface area contributed by atoms with Crippen molar-refractivity contribution in [2.45, 2.75) is 0 Å². The minimum absolute atomic E-state index is 0.110. The first-order valence-electron chi connectivity index (χ1n) is 6.40. The monoisotopic (exact) mass is 305 g/mol. The van der Waals surface area contributed by atoms with Crippen molar-refractivity contribution in [1.29, 1.82) is 15.9 Å². The van der Waals surface area contributed by atoms with Crippen molar-refractivity contribution in [2.75, 3.05) is 0 Å². The lowest BCUT2D eigenvalue weighted by Gasteiger charge is -2.14. The van der Waals surface area contributed by atoms with Crippen LogP contribution in [0.5, 0.6) is 5.75 Å². The summed E-state index contributed by atoms with van der Waals surface area (Å²) in [7, 11) is 0. The number of benzene rings is 2. The second kappa shape index (κ2) is 6.29. The fourth-order valence-electron chi connectivity index (χ4n) is 2.18. The molecular weight excluding hydrogens is 294 g/mol. The number of nitrogens with zero attached hydrogens (tertiary/aromatic N) is 2. The molecule has 0 aromatic heterocycles. The first-order chi connectivity index (χ1) is 11.0. The maximum atomic E-state index is 12.3. The van der Waals surface area contributed by atoms with Gasteiger partial charge in [-0.05, 0) is 18.2 Å². The Hall–Kier alpha value is -3.84. The SMILES string of the molecule is N#Cc1ccccc1-c1c(C#N)ccc(O)c1C(=O)NC(=N)N. The summed E-state index contributed by atoms with van der Waals surface area (Å²) in [6.45, 7) is 0. The number of amides is 1. The largest absolute Gasteiger partial charge is 0.507 e. The third kappa shape index (κ3) is 2.94. The normalized spacial score (nSPS) is 9.48. The molecule has 7 heteroatoms. The molecule has 0 aliphatic rings. The Bertz CT molecular complexity index is 890. The summed E-state index contributed by atoms with van der Waals surface area (Å²) >= 11 is 0. The molecule has 0 aliphatic carbocycles. The molecule has 2 aromatic rings. The third-order valence-corrected chi connectivity index (χ3v) is 3.10. The van der Waals surface area contributed by atoms with Crippen molar-refractivity contribution >= 4 is 11.9 Å². The number of aromatic hydroxyl groups is 1. The topological polar surface area (TPSA) is 147 Å². The molecule has 0 heterocycles. The molecule has 0 saturated carbocycles. The zero-order chi connectivity index (χ0) is 17.0. The Morgan fingerprint density at radius 2 is 1.78 bits per heavy atom. The van der Waals surface area contributed by atoms with Crippen LogP contribution in [0.3, 0.4) is 0 Å². The van der Waals surface area contributed by atoms with Gasteiger partial charge in [0.05, 0.1) is 28.8 Å². The second-order valence-corrected chi connectivity index (χ2v) is 4.52. The number of phenolic OH excluding ortho intramolecular Hbond substituents is 1. The zero-order valence-electron chi connectivity index (χ0n) is 11.8. The summed E-state index contributed by atoms with van der Waals surface area (Å²) in [5.74, 6) is -1.82. The summed E-state index contributed by atoms with van der Waals surface area (Å²) in [5, 5.41) is 37.8. The molecule has 0 spiro atoms. The third-order valence-electron chi connectivity index (χ3n) is 3.10. The van der Waals surface area contributed by atoms with Gasteiger partial charge < -0.3 is 10.8 Å². The summed E-state index contributed by atoms with van der Waals surface area (Å²) in [6, 6.07) is 12.9. The number of phenols is 1. The number of hydrogen-bond donors (Lipinski definition) is 4. The summed E-state index contributed by atoms with van der Waals surface area (Å²) in [6.07, 6.45) is 0. The minimum atomic E-state index is -0.838. The Morgan fingerprint density at radius 1 is 1.13 bits per heavy atom. The fraction of sp³-hybridized carbons (Fsp3) is 0. The van der Waals surface area contributed by atoms with Crippen LogP contribution in [0.1, 0.15) is 21.5 Å². The molecule has 2 aromatic carbocycles. The van der Waals surface area contributed by atoms with E-state index in [0.29, 0.717) is 5.56 Å². The van der Waals surface area contributed by atoms with E-state index in [1.54, 1.807) is 18.2 Å². The van der Waals surface area contributed by atoms with Crippen molar-refractivity contribution in [1.82, 2.24) is 5.32 Å². The molecule has 0 fully saturated rings. The standard InChI is InChI=1S/C16H11N5O2/c17-7-9-3-1-2-4-11(9)13-10(8-18)5-6-12(22)14(13)15(23)21-16(19)20/h1-6,22H,(H4,19,20,21,23). The van der Waals surface area contributed by atoms with Crippen LogP contribution in [0.2, 0.25) is 0 Å². The number of guanidine groups is 1. The van der Waals surface area contributed by atoms with E-state index in [4.69, 9.17) is 11.1 Å². The molecule has 2 rings (SSSR count). The number of rotatable bonds is 2. The molecule has 0 atom stereocenters. The van der Waals surface area contributed by atoms with Crippen LogP contribution in [0.4, 0.5) is 0 Å². The van der Waals surface area contributed by atoms with Gasteiger partial charge in [0.25, 0.3) is 5.91 Å². The van der Waals surface area contributed by atoms with Crippen molar-refractivity contribution in [3.63, 3.8) is 0 Å². The average molecular weight is 305 g/mol. The van der Waals surface area contributed by atoms with E-state index >= 15 is 0 Å². The fourth-order valence-corrected chi connectivity index (χ4v) is 2.18. The molecule has 0 aliphatic heterocycles. The Labute approximate surface area is 131 Å². The molecule has 7 nitrogen and oxygen atoms in total. The predicted molar refractivity (Wildman–Crippen MR) is 82.4 cm³/mol. The highest BCUT2D eigenvalue weighted by atomic mass is 16.3. The maximum Gasteiger partial charge on any atom is 0.262 e. The van der Waals surface area contributed by atoms with Gasteiger partial charge in [-0.15, -0.1) is 0 Å². The van der Waals surface area contributed by atoms with Gasteiger partial charge in [-0.1, -0.05) is 18.2 Å². The first kappa shape index (κ1) is 15.5. The van der Waals surface area contributed by atoms with Crippen LogP contribution in [0, 0.1) is 28.1 Å². The van der Waals surface area contributed by atoms with Crippen LogP contribution < -0.4 is 11.1 Å². The van der Waals surface area contributed by atoms with Crippen LogP contribution in [0.15, 0.2) is 36.4 Å². The number of hydrogen-bond acceptors (Lipinski definition) is 5. The highest BCUT2D eigenvalue weighted by molar-refractivity contribution is 6.11. The maximum absolute atomic E-state index is 12.3. The quantitative estimate of drug-likeness (QED) is 0.489. The van der Waals surface area contributed by atoms with E-state index in [-0.39, 0.29) is 28.0 Å². The van der Waals surface area contributed by atoms with Gasteiger partial charge in [0.1, 0.15) is 5.75 Å². The lowest BCUT2D eigenvalue weighted by atomic mass is 9.91. The number of nitriles is 2. The molecule has 0 unspecified atom stereocenters. The number of nitrogens with two attached hydrogens (primary N) is 1. The van der Waals surface area contributed by atoms with Crippen molar-refractivity contribution < 1.29 is 9.90 Å². The first-order valence-corrected chi connectivity index (χ1v) is 6.40. The lowest BCUT2D eigenvalue weighted by Crippen LogP contribution is -2.36. The molecule has 5 N–H and O–H groups in total. The smallest absolute Gasteiger partial charge is 0.262 e. The summed E-state index contributed by atoms with van der Waals surface area (Å²) in [5.41, 5.74) is 5.72. The van der Waals surface area contributed by atoms with Gasteiger partial charge in [0.15, 0.2) is 5.96 Å². The van der Waals surface area contributed by atoms with Gasteiger partial charge in [0, 0.05) is 11.1 Å². The molecule has 23 heavy (non-hydrogen) atoms. The van der Waals surface area contributed by atoms with Crippen LogP contribution >= 0.6 is 0 Å². The lowest BCUT2D eigenvalue weighted by molar-refractivity contribution is 0.0974. The van der Waals surface area contributed by atoms with Gasteiger partial charge in [-0.2, -0.15) is 10.5 Å². The van der Waals surface area contributed by atoms with Gasteiger partial charge in [-0.25, -0.2) is 0 Å². The predicted octanol–water partition coefficient (Wildman–Crippen LogP) is 1.43. The Balaban J connectivity index is 2.83. The van der Waals surface area contributed by atoms with E-state index in [1.165, 1.54) is 18.2 Å². The van der Waals surface area contributed by atoms with Gasteiger partial charge in [-0.3, -0.25) is 15.5 Å². The number of carbonyl (C=O) groups excluding carboxylic acids is 1.